The molecule has 110 valence electrons. The Hall–Kier alpha value is -1.22. The molecule has 0 spiro atoms. The fourth-order valence-electron chi connectivity index (χ4n) is 3.54. The molecule has 0 radical (unpaired) electrons. The number of nitrogens with one attached hydrogen (secondary N) is 1. The average molecular weight is 275 g/mol. The lowest BCUT2D eigenvalue weighted by atomic mass is 9.90. The van der Waals surface area contributed by atoms with Crippen LogP contribution in [0.25, 0.3) is 0 Å². The van der Waals surface area contributed by atoms with Crippen LogP contribution in [0.5, 0.6) is 11.5 Å². The van der Waals surface area contributed by atoms with Crippen molar-refractivity contribution in [1.29, 1.82) is 0 Å². The highest BCUT2D eigenvalue weighted by Gasteiger charge is 2.31. The molecule has 0 aliphatic carbocycles. The maximum absolute atomic E-state index is 5.93. The molecule has 1 fully saturated rings. The predicted molar refractivity (Wildman–Crippen MR) is 80.5 cm³/mol. The van der Waals surface area contributed by atoms with Gasteiger partial charge >= 0.3 is 0 Å². The van der Waals surface area contributed by atoms with Crippen LogP contribution >= 0.6 is 0 Å². The van der Waals surface area contributed by atoms with Gasteiger partial charge < -0.3 is 14.8 Å². The van der Waals surface area contributed by atoms with Crippen LogP contribution in [-0.2, 0) is 6.42 Å². The van der Waals surface area contributed by atoms with Crippen LogP contribution in [0.15, 0.2) is 12.1 Å². The van der Waals surface area contributed by atoms with Crippen LogP contribution in [0.4, 0.5) is 0 Å². The summed E-state index contributed by atoms with van der Waals surface area (Å²) in [7, 11) is 0. The Morgan fingerprint density at radius 2 is 2.20 bits per heavy atom. The van der Waals surface area contributed by atoms with Crippen molar-refractivity contribution >= 4 is 0 Å². The standard InChI is InChI=1S/C17H25NO2/c1-4-12-6-7-18-17(12)14-10-15-13(8-11(3)20-15)9-16(14)19-5-2/h9-12,17-18H,4-8H2,1-3H3. The monoisotopic (exact) mass is 275 g/mol. The molecule has 1 N–H and O–H groups in total. The van der Waals surface area contributed by atoms with Gasteiger partial charge in [0, 0.05) is 23.6 Å². The molecule has 3 unspecified atom stereocenters. The molecule has 0 amide bonds. The quantitative estimate of drug-likeness (QED) is 0.912. The van der Waals surface area contributed by atoms with E-state index in [4.69, 9.17) is 9.47 Å². The zero-order valence-corrected chi connectivity index (χ0v) is 12.7. The van der Waals surface area contributed by atoms with E-state index in [9.17, 15) is 0 Å². The van der Waals surface area contributed by atoms with Gasteiger partial charge in [-0.25, -0.2) is 0 Å². The van der Waals surface area contributed by atoms with Crippen LogP contribution in [0.1, 0.15) is 50.8 Å². The van der Waals surface area contributed by atoms with Gasteiger partial charge in [-0.2, -0.15) is 0 Å². The third-order valence-corrected chi connectivity index (χ3v) is 4.54. The van der Waals surface area contributed by atoms with Gasteiger partial charge in [0.05, 0.1) is 6.61 Å². The van der Waals surface area contributed by atoms with Gasteiger partial charge in [0.1, 0.15) is 17.6 Å². The Balaban J connectivity index is 1.98. The number of ether oxygens (including phenoxy) is 2. The van der Waals surface area contributed by atoms with Crippen LogP contribution < -0.4 is 14.8 Å². The zero-order chi connectivity index (χ0) is 14.1. The number of benzene rings is 1. The Bertz CT molecular complexity index is 486. The molecule has 20 heavy (non-hydrogen) atoms. The summed E-state index contributed by atoms with van der Waals surface area (Å²) in [5.74, 6) is 2.80. The lowest BCUT2D eigenvalue weighted by Gasteiger charge is -2.22. The topological polar surface area (TPSA) is 30.5 Å². The molecule has 2 aliphatic heterocycles. The Morgan fingerprint density at radius 3 is 2.95 bits per heavy atom. The van der Waals surface area contributed by atoms with Crippen LogP contribution in [0.2, 0.25) is 0 Å². The van der Waals surface area contributed by atoms with E-state index in [1.54, 1.807) is 0 Å². The molecule has 3 nitrogen and oxygen atoms in total. The third kappa shape index (κ3) is 2.39. The van der Waals surface area contributed by atoms with Crippen molar-refractivity contribution in [3.8, 4) is 11.5 Å². The number of fused-ring (bicyclic) bond motifs is 1. The summed E-state index contributed by atoms with van der Waals surface area (Å²) >= 11 is 0. The molecule has 2 heterocycles. The minimum Gasteiger partial charge on any atom is -0.494 e. The van der Waals surface area contributed by atoms with Crippen molar-refractivity contribution in [3.05, 3.63) is 23.3 Å². The molecular weight excluding hydrogens is 250 g/mol. The third-order valence-electron chi connectivity index (χ3n) is 4.54. The van der Waals surface area contributed by atoms with Gasteiger partial charge in [0.25, 0.3) is 0 Å². The highest BCUT2D eigenvalue weighted by atomic mass is 16.5. The molecule has 1 aromatic carbocycles. The molecule has 3 heteroatoms. The average Bonchev–Trinajstić information content (AvgIpc) is 3.02. The van der Waals surface area contributed by atoms with Gasteiger partial charge in [0.15, 0.2) is 0 Å². The van der Waals surface area contributed by atoms with E-state index >= 15 is 0 Å². The number of hydrogen-bond acceptors (Lipinski definition) is 3. The molecule has 3 rings (SSSR count). The van der Waals surface area contributed by atoms with Crippen molar-refractivity contribution in [2.24, 2.45) is 5.92 Å². The first kappa shape index (κ1) is 13.7. The van der Waals surface area contributed by atoms with E-state index < -0.39 is 0 Å². The minimum absolute atomic E-state index is 0.285. The predicted octanol–water partition coefficient (Wildman–Crippen LogP) is 3.47. The summed E-state index contributed by atoms with van der Waals surface area (Å²) in [6, 6.07) is 4.83. The van der Waals surface area contributed by atoms with Crippen molar-refractivity contribution in [1.82, 2.24) is 5.32 Å². The summed E-state index contributed by atoms with van der Waals surface area (Å²) in [5, 5.41) is 3.64. The first-order valence-electron chi connectivity index (χ1n) is 7.92. The normalized spacial score (nSPS) is 28.2. The second-order valence-corrected chi connectivity index (χ2v) is 5.95. The van der Waals surface area contributed by atoms with Crippen molar-refractivity contribution in [3.63, 3.8) is 0 Å². The van der Waals surface area contributed by atoms with E-state index in [0.717, 1.165) is 24.5 Å². The van der Waals surface area contributed by atoms with Crippen molar-refractivity contribution in [2.45, 2.75) is 52.2 Å². The number of rotatable bonds is 4. The summed E-state index contributed by atoms with van der Waals surface area (Å²) in [4.78, 5) is 0. The van der Waals surface area contributed by atoms with Crippen LogP contribution in [-0.4, -0.2) is 19.3 Å². The maximum Gasteiger partial charge on any atom is 0.124 e. The van der Waals surface area contributed by atoms with E-state index in [2.05, 4.69) is 38.2 Å². The second kappa shape index (κ2) is 5.65. The Morgan fingerprint density at radius 1 is 1.35 bits per heavy atom. The van der Waals surface area contributed by atoms with Crippen LogP contribution in [0, 0.1) is 5.92 Å². The molecule has 2 aliphatic rings. The van der Waals surface area contributed by atoms with E-state index in [1.807, 2.05) is 0 Å². The summed E-state index contributed by atoms with van der Waals surface area (Å²) in [5.41, 5.74) is 2.57. The lowest BCUT2D eigenvalue weighted by Crippen LogP contribution is -2.19. The van der Waals surface area contributed by atoms with Gasteiger partial charge in [0.2, 0.25) is 0 Å². The molecule has 0 bridgehead atoms. The van der Waals surface area contributed by atoms with E-state index in [-0.39, 0.29) is 6.10 Å². The molecule has 1 saturated heterocycles. The molecule has 0 aromatic heterocycles. The summed E-state index contributed by atoms with van der Waals surface area (Å²) < 4.78 is 11.8. The summed E-state index contributed by atoms with van der Waals surface area (Å²) in [6.07, 6.45) is 3.73. The maximum atomic E-state index is 5.93. The first-order valence-corrected chi connectivity index (χ1v) is 7.92. The second-order valence-electron chi connectivity index (χ2n) is 5.95. The van der Waals surface area contributed by atoms with Gasteiger partial charge in [-0.1, -0.05) is 13.3 Å². The molecular formula is C17H25NO2. The van der Waals surface area contributed by atoms with Crippen molar-refractivity contribution < 1.29 is 9.47 Å². The van der Waals surface area contributed by atoms with Crippen molar-refractivity contribution in [2.75, 3.05) is 13.2 Å². The van der Waals surface area contributed by atoms with Gasteiger partial charge in [-0.3, -0.25) is 0 Å². The number of hydrogen-bond donors (Lipinski definition) is 1. The molecule has 3 atom stereocenters. The van der Waals surface area contributed by atoms with Gasteiger partial charge in [-0.05, 0) is 44.9 Å². The SMILES string of the molecule is CCOc1cc2c(cc1C1NCCC1CC)OC(C)C2. The largest absolute Gasteiger partial charge is 0.494 e. The van der Waals surface area contributed by atoms with Gasteiger partial charge in [-0.15, -0.1) is 0 Å². The fourth-order valence-corrected chi connectivity index (χ4v) is 3.54. The lowest BCUT2D eigenvalue weighted by molar-refractivity contribution is 0.254. The van der Waals surface area contributed by atoms with Crippen LogP contribution in [0.3, 0.4) is 0 Å². The fraction of sp³-hybridized carbons (Fsp3) is 0.647. The highest BCUT2D eigenvalue weighted by Crippen LogP contribution is 2.42. The van der Waals surface area contributed by atoms with E-state index in [0.29, 0.717) is 18.6 Å². The molecule has 1 aromatic rings. The van der Waals surface area contributed by atoms with E-state index in [1.165, 1.54) is 24.0 Å². The first-order chi connectivity index (χ1) is 9.72. The minimum atomic E-state index is 0.285. The summed E-state index contributed by atoms with van der Waals surface area (Å²) in [6.45, 7) is 8.27. The Kier molecular flexibility index (Phi) is 3.88. The zero-order valence-electron chi connectivity index (χ0n) is 12.7. The highest BCUT2D eigenvalue weighted by molar-refractivity contribution is 5.50. The smallest absolute Gasteiger partial charge is 0.124 e. The molecule has 0 saturated carbocycles. The Labute approximate surface area is 121 Å².